The number of halogens is 2. The van der Waals surface area contributed by atoms with Crippen LogP contribution < -0.4 is 5.32 Å². The van der Waals surface area contributed by atoms with E-state index in [1.165, 1.54) is 18.2 Å². The number of ether oxygens (including phenoxy) is 1. The van der Waals surface area contributed by atoms with Crippen LogP contribution in [0.15, 0.2) is 42.5 Å². The number of carbonyl (C=O) groups excluding carboxylic acids is 2. The summed E-state index contributed by atoms with van der Waals surface area (Å²) in [5.41, 5.74) is 2.18. The van der Waals surface area contributed by atoms with Crippen molar-refractivity contribution in [1.82, 2.24) is 5.32 Å². The second kappa shape index (κ2) is 9.34. The molecular formula is C20H21ClFNO3. The van der Waals surface area contributed by atoms with Gasteiger partial charge in [0.1, 0.15) is 5.82 Å². The van der Waals surface area contributed by atoms with E-state index in [9.17, 15) is 14.0 Å². The van der Waals surface area contributed by atoms with E-state index < -0.39 is 24.3 Å². The lowest BCUT2D eigenvalue weighted by molar-refractivity contribution is -0.148. The predicted molar refractivity (Wildman–Crippen MR) is 98.4 cm³/mol. The molecule has 0 saturated carbocycles. The molecule has 0 unspecified atom stereocenters. The van der Waals surface area contributed by atoms with E-state index in [0.29, 0.717) is 6.42 Å². The molecule has 2 aromatic carbocycles. The van der Waals surface area contributed by atoms with Crippen LogP contribution in [-0.4, -0.2) is 18.5 Å². The summed E-state index contributed by atoms with van der Waals surface area (Å²) in [5, 5.41) is 2.98. The van der Waals surface area contributed by atoms with Gasteiger partial charge in [-0.15, -0.1) is 0 Å². The van der Waals surface area contributed by atoms with Crippen molar-refractivity contribution in [2.75, 3.05) is 6.61 Å². The number of hydrogen-bond acceptors (Lipinski definition) is 3. The highest BCUT2D eigenvalue weighted by Crippen LogP contribution is 2.20. The quantitative estimate of drug-likeness (QED) is 0.738. The molecule has 0 spiro atoms. The molecule has 0 aliphatic carbocycles. The van der Waals surface area contributed by atoms with E-state index in [-0.39, 0.29) is 23.0 Å². The third kappa shape index (κ3) is 5.56. The molecule has 0 aliphatic rings. The Morgan fingerprint density at radius 1 is 1.19 bits per heavy atom. The van der Waals surface area contributed by atoms with E-state index in [2.05, 4.69) is 5.32 Å². The predicted octanol–water partition coefficient (Wildman–Crippen LogP) is 4.14. The number of nitrogens with one attached hydrogen (secondary N) is 1. The van der Waals surface area contributed by atoms with Crippen LogP contribution in [0.4, 0.5) is 4.39 Å². The number of rotatable bonds is 7. The van der Waals surface area contributed by atoms with Crippen LogP contribution in [0.3, 0.4) is 0 Å². The van der Waals surface area contributed by atoms with Gasteiger partial charge in [-0.2, -0.15) is 0 Å². The monoisotopic (exact) mass is 377 g/mol. The topological polar surface area (TPSA) is 55.4 Å². The molecule has 1 atom stereocenters. The number of carbonyl (C=O) groups is 2. The van der Waals surface area contributed by atoms with Crippen LogP contribution in [0.2, 0.25) is 5.02 Å². The fourth-order valence-corrected chi connectivity index (χ4v) is 2.73. The maximum atomic E-state index is 13.7. The van der Waals surface area contributed by atoms with Crippen molar-refractivity contribution in [2.45, 2.75) is 32.7 Å². The van der Waals surface area contributed by atoms with E-state index in [4.69, 9.17) is 16.3 Å². The summed E-state index contributed by atoms with van der Waals surface area (Å²) >= 11 is 5.88. The Hall–Kier alpha value is -2.40. The number of aryl methyl sites for hydroxylation is 1. The summed E-state index contributed by atoms with van der Waals surface area (Å²) in [7, 11) is 0. The highest BCUT2D eigenvalue weighted by Gasteiger charge is 2.16. The molecule has 4 nitrogen and oxygen atoms in total. The number of esters is 1. The molecule has 0 fully saturated rings. The summed E-state index contributed by atoms with van der Waals surface area (Å²) < 4.78 is 18.6. The van der Waals surface area contributed by atoms with Crippen molar-refractivity contribution >= 4 is 23.5 Å². The largest absolute Gasteiger partial charge is 0.455 e. The van der Waals surface area contributed by atoms with Crippen molar-refractivity contribution in [3.05, 3.63) is 70.0 Å². The standard InChI is InChI=1S/C20H21ClFNO3/c1-3-18(14-9-7-13(2)8-10-14)23-19(24)12-26-20(25)11-15-16(21)5-4-6-17(15)22/h4-10,18H,3,11-12H2,1-2H3,(H,23,24)/t18-/m1/s1. The molecule has 0 saturated heterocycles. The first-order chi connectivity index (χ1) is 12.4. The SMILES string of the molecule is CC[C@@H](NC(=O)COC(=O)Cc1c(F)cccc1Cl)c1ccc(C)cc1. The smallest absolute Gasteiger partial charge is 0.310 e. The van der Waals surface area contributed by atoms with Crippen molar-refractivity contribution in [1.29, 1.82) is 0 Å². The second-order valence-electron chi connectivity index (χ2n) is 5.98. The molecule has 2 rings (SSSR count). The highest BCUT2D eigenvalue weighted by molar-refractivity contribution is 6.31. The van der Waals surface area contributed by atoms with Crippen molar-refractivity contribution < 1.29 is 18.7 Å². The van der Waals surface area contributed by atoms with Gasteiger partial charge in [0.05, 0.1) is 12.5 Å². The van der Waals surface area contributed by atoms with Gasteiger partial charge in [-0.3, -0.25) is 9.59 Å². The van der Waals surface area contributed by atoms with Crippen LogP contribution in [0, 0.1) is 12.7 Å². The average Bonchev–Trinajstić information content (AvgIpc) is 2.62. The lowest BCUT2D eigenvalue weighted by Crippen LogP contribution is -2.32. The molecule has 0 aliphatic heterocycles. The van der Waals surface area contributed by atoms with Crippen LogP contribution in [0.25, 0.3) is 0 Å². The zero-order valence-electron chi connectivity index (χ0n) is 14.7. The van der Waals surface area contributed by atoms with Crippen molar-refractivity contribution in [2.24, 2.45) is 0 Å². The van der Waals surface area contributed by atoms with Gasteiger partial charge in [-0.05, 0) is 31.0 Å². The zero-order valence-corrected chi connectivity index (χ0v) is 15.5. The van der Waals surface area contributed by atoms with E-state index in [0.717, 1.165) is 11.1 Å². The van der Waals surface area contributed by atoms with Crippen molar-refractivity contribution in [3.8, 4) is 0 Å². The molecule has 0 aromatic heterocycles. The fourth-order valence-electron chi connectivity index (χ4n) is 2.50. The molecule has 1 amide bonds. The Balaban J connectivity index is 1.87. The lowest BCUT2D eigenvalue weighted by Gasteiger charge is -2.17. The first-order valence-electron chi connectivity index (χ1n) is 8.35. The van der Waals surface area contributed by atoms with Gasteiger partial charge in [-0.1, -0.05) is 54.4 Å². The molecule has 6 heteroatoms. The Morgan fingerprint density at radius 3 is 2.50 bits per heavy atom. The number of benzene rings is 2. The van der Waals surface area contributed by atoms with Gasteiger partial charge in [-0.25, -0.2) is 4.39 Å². The maximum absolute atomic E-state index is 13.7. The minimum Gasteiger partial charge on any atom is -0.455 e. The third-order valence-electron chi connectivity index (χ3n) is 3.97. The lowest BCUT2D eigenvalue weighted by atomic mass is 10.0. The average molecular weight is 378 g/mol. The Morgan fingerprint density at radius 2 is 1.88 bits per heavy atom. The summed E-state index contributed by atoms with van der Waals surface area (Å²) in [5.74, 6) is -1.70. The second-order valence-corrected chi connectivity index (χ2v) is 6.38. The van der Waals surface area contributed by atoms with Crippen LogP contribution in [-0.2, 0) is 20.7 Å². The highest BCUT2D eigenvalue weighted by atomic mass is 35.5. The third-order valence-corrected chi connectivity index (χ3v) is 4.32. The summed E-state index contributed by atoms with van der Waals surface area (Å²) in [4.78, 5) is 23.9. The fraction of sp³-hybridized carbons (Fsp3) is 0.300. The van der Waals surface area contributed by atoms with Crippen molar-refractivity contribution in [3.63, 3.8) is 0 Å². The molecular weight excluding hydrogens is 357 g/mol. The molecule has 2 aromatic rings. The number of hydrogen-bond donors (Lipinski definition) is 1. The van der Waals surface area contributed by atoms with Crippen LogP contribution in [0.5, 0.6) is 0 Å². The van der Waals surface area contributed by atoms with Gasteiger partial charge in [0.15, 0.2) is 6.61 Å². The normalized spacial score (nSPS) is 11.7. The molecule has 138 valence electrons. The minimum atomic E-state index is -0.712. The van der Waals surface area contributed by atoms with Crippen LogP contribution in [0.1, 0.15) is 36.1 Å². The Kier molecular flexibility index (Phi) is 7.16. The van der Waals surface area contributed by atoms with Gasteiger partial charge >= 0.3 is 5.97 Å². The summed E-state index contributed by atoms with van der Waals surface area (Å²) in [6, 6.07) is 11.9. The number of amides is 1. The van der Waals surface area contributed by atoms with Gasteiger partial charge in [0, 0.05) is 10.6 Å². The molecule has 0 bridgehead atoms. The molecule has 0 radical (unpaired) electrons. The Labute approximate surface area is 157 Å². The van der Waals surface area contributed by atoms with E-state index >= 15 is 0 Å². The summed E-state index contributed by atoms with van der Waals surface area (Å²) in [6.07, 6.45) is 0.377. The van der Waals surface area contributed by atoms with E-state index in [1.54, 1.807) is 0 Å². The molecule has 0 heterocycles. The summed E-state index contributed by atoms with van der Waals surface area (Å²) in [6.45, 7) is 3.52. The zero-order chi connectivity index (χ0) is 19.1. The first-order valence-corrected chi connectivity index (χ1v) is 8.73. The maximum Gasteiger partial charge on any atom is 0.310 e. The Bertz CT molecular complexity index is 757. The first kappa shape index (κ1) is 19.9. The van der Waals surface area contributed by atoms with Gasteiger partial charge in [0.2, 0.25) is 0 Å². The van der Waals surface area contributed by atoms with Gasteiger partial charge in [0.25, 0.3) is 5.91 Å². The minimum absolute atomic E-state index is 0.0608. The van der Waals surface area contributed by atoms with Gasteiger partial charge < -0.3 is 10.1 Å². The van der Waals surface area contributed by atoms with Crippen LogP contribution >= 0.6 is 11.6 Å². The molecule has 26 heavy (non-hydrogen) atoms. The molecule has 1 N–H and O–H groups in total. The van der Waals surface area contributed by atoms with E-state index in [1.807, 2.05) is 38.1 Å².